The highest BCUT2D eigenvalue weighted by Crippen LogP contribution is 2.25. The van der Waals surface area contributed by atoms with Crippen LogP contribution in [-0.2, 0) is 10.0 Å². The van der Waals surface area contributed by atoms with Crippen molar-refractivity contribution in [2.75, 3.05) is 0 Å². The van der Waals surface area contributed by atoms with Gasteiger partial charge in [-0.15, -0.1) is 0 Å². The van der Waals surface area contributed by atoms with Gasteiger partial charge in [0, 0.05) is 11.3 Å². The maximum atomic E-state index is 12.4. The van der Waals surface area contributed by atoms with Crippen LogP contribution in [0.3, 0.4) is 0 Å². The number of hydrogen-bond acceptors (Lipinski definition) is 4. The number of sulfonamides is 1. The van der Waals surface area contributed by atoms with Crippen molar-refractivity contribution in [1.29, 1.82) is 0 Å². The van der Waals surface area contributed by atoms with Crippen molar-refractivity contribution in [3.63, 3.8) is 0 Å². The number of aromatic carboxylic acids is 1. The van der Waals surface area contributed by atoms with E-state index in [0.717, 1.165) is 0 Å². The van der Waals surface area contributed by atoms with Crippen LogP contribution in [0.25, 0.3) is 0 Å². The van der Waals surface area contributed by atoms with Gasteiger partial charge in [0.2, 0.25) is 10.0 Å². The molecule has 3 N–H and O–H groups in total. The lowest BCUT2D eigenvalue weighted by molar-refractivity contribution is 0.0690. The molecule has 1 unspecified atom stereocenters. The van der Waals surface area contributed by atoms with Crippen LogP contribution < -0.4 is 4.72 Å². The fraction of sp³-hybridized carbons (Fsp3) is 0.308. The molecule has 0 aromatic carbocycles. The average molecular weight is 312 g/mol. The quantitative estimate of drug-likeness (QED) is 0.781. The molecule has 0 amide bonds. The molecule has 0 saturated carbocycles. The maximum absolute atomic E-state index is 12.4. The van der Waals surface area contributed by atoms with Crippen LogP contribution in [0.4, 0.5) is 0 Å². The fourth-order valence-electron chi connectivity index (χ4n) is 2.24. The third kappa shape index (κ3) is 2.86. The Morgan fingerprint density at radius 3 is 2.57 bits per heavy atom. The first-order valence-electron chi connectivity index (χ1n) is 6.22. The third-order valence-electron chi connectivity index (χ3n) is 3.15. The van der Waals surface area contributed by atoms with Gasteiger partial charge in [0.25, 0.3) is 0 Å². The lowest BCUT2D eigenvalue weighted by atomic mass is 10.2. The maximum Gasteiger partial charge on any atom is 0.352 e. The fourth-order valence-corrected chi connectivity index (χ4v) is 3.90. The van der Waals surface area contributed by atoms with Crippen LogP contribution >= 0.6 is 0 Å². The molecule has 0 spiro atoms. The standard InChI is InChI=1S/C13H16N2O5S/c1-7-11(13(16)17)14-9(3)12(7)21(18,19)15-8(2)10-5-4-6-20-10/h4-6,8,14-15H,1-3H3,(H,16,17). The molecule has 2 rings (SSSR count). The van der Waals surface area contributed by atoms with Crippen molar-refractivity contribution in [1.82, 2.24) is 9.71 Å². The lowest BCUT2D eigenvalue weighted by Crippen LogP contribution is -2.27. The van der Waals surface area contributed by atoms with Crippen LogP contribution in [-0.4, -0.2) is 24.5 Å². The molecule has 0 fully saturated rings. The average Bonchev–Trinajstić information content (AvgIpc) is 2.96. The molecule has 0 aliphatic carbocycles. The number of furan rings is 1. The summed E-state index contributed by atoms with van der Waals surface area (Å²) < 4.78 is 32.5. The SMILES string of the molecule is Cc1[nH]c(C(=O)O)c(C)c1S(=O)(=O)NC(C)c1ccco1. The predicted octanol–water partition coefficient (Wildman–Crippen LogP) is 1.96. The number of nitrogens with one attached hydrogen (secondary N) is 2. The third-order valence-corrected chi connectivity index (χ3v) is 4.97. The van der Waals surface area contributed by atoms with E-state index >= 15 is 0 Å². The highest BCUT2D eigenvalue weighted by atomic mass is 32.2. The predicted molar refractivity (Wildman–Crippen MR) is 74.7 cm³/mol. The van der Waals surface area contributed by atoms with E-state index in [1.807, 2.05) is 0 Å². The van der Waals surface area contributed by atoms with Gasteiger partial charge in [0.1, 0.15) is 16.3 Å². The number of H-pyrrole nitrogens is 1. The first-order chi connectivity index (χ1) is 9.74. The molecule has 0 saturated heterocycles. The molecule has 2 aromatic heterocycles. The van der Waals surface area contributed by atoms with E-state index in [1.54, 1.807) is 19.1 Å². The molecule has 0 radical (unpaired) electrons. The Kier molecular flexibility index (Phi) is 3.93. The normalized spacial score (nSPS) is 13.3. The van der Waals surface area contributed by atoms with E-state index < -0.39 is 22.0 Å². The summed E-state index contributed by atoms with van der Waals surface area (Å²) in [5.74, 6) is -0.723. The monoisotopic (exact) mass is 312 g/mol. The zero-order valence-corrected chi connectivity index (χ0v) is 12.6. The molecule has 2 heterocycles. The minimum atomic E-state index is -3.86. The molecule has 7 nitrogen and oxygen atoms in total. The second-order valence-electron chi connectivity index (χ2n) is 4.74. The van der Waals surface area contributed by atoms with Gasteiger partial charge < -0.3 is 14.5 Å². The van der Waals surface area contributed by atoms with Crippen molar-refractivity contribution in [2.24, 2.45) is 0 Å². The number of aromatic amines is 1. The summed E-state index contributed by atoms with van der Waals surface area (Å²) in [5, 5.41) is 9.04. The molecule has 0 aliphatic heterocycles. The lowest BCUT2D eigenvalue weighted by Gasteiger charge is -2.12. The molecule has 8 heteroatoms. The van der Waals surface area contributed by atoms with Gasteiger partial charge >= 0.3 is 5.97 Å². The van der Waals surface area contributed by atoms with Crippen LogP contribution in [0.2, 0.25) is 0 Å². The van der Waals surface area contributed by atoms with Gasteiger partial charge in [-0.3, -0.25) is 0 Å². The molecule has 0 bridgehead atoms. The van der Waals surface area contributed by atoms with Crippen molar-refractivity contribution in [3.05, 3.63) is 41.1 Å². The van der Waals surface area contributed by atoms with Gasteiger partial charge in [-0.1, -0.05) is 0 Å². The van der Waals surface area contributed by atoms with Gasteiger partial charge in [-0.2, -0.15) is 0 Å². The van der Waals surface area contributed by atoms with Crippen molar-refractivity contribution in [2.45, 2.75) is 31.7 Å². The molecular formula is C13H16N2O5S. The van der Waals surface area contributed by atoms with Crippen LogP contribution in [0.15, 0.2) is 27.7 Å². The Morgan fingerprint density at radius 2 is 2.10 bits per heavy atom. The second-order valence-corrected chi connectivity index (χ2v) is 6.39. The van der Waals surface area contributed by atoms with Gasteiger partial charge in [-0.05, 0) is 32.9 Å². The number of carboxylic acids is 1. The summed E-state index contributed by atoms with van der Waals surface area (Å²) >= 11 is 0. The number of rotatable bonds is 5. The van der Waals surface area contributed by atoms with E-state index in [4.69, 9.17) is 9.52 Å². The summed E-state index contributed by atoms with van der Waals surface area (Å²) in [5.41, 5.74) is 0.335. The van der Waals surface area contributed by atoms with E-state index in [-0.39, 0.29) is 21.8 Å². The van der Waals surface area contributed by atoms with Crippen LogP contribution in [0, 0.1) is 13.8 Å². The molecule has 2 aromatic rings. The molecule has 114 valence electrons. The minimum absolute atomic E-state index is 0.0432. The topological polar surface area (TPSA) is 112 Å². The second kappa shape index (κ2) is 5.38. The van der Waals surface area contributed by atoms with E-state index in [1.165, 1.54) is 20.1 Å². The number of aromatic nitrogens is 1. The number of carbonyl (C=O) groups is 1. The summed E-state index contributed by atoms with van der Waals surface area (Å²) in [6, 6.07) is 2.76. The zero-order valence-electron chi connectivity index (χ0n) is 11.8. The molecule has 0 aliphatic rings. The summed E-state index contributed by atoms with van der Waals surface area (Å²) in [4.78, 5) is 13.6. The summed E-state index contributed by atoms with van der Waals surface area (Å²) in [6.45, 7) is 4.62. The van der Waals surface area contributed by atoms with Crippen LogP contribution in [0.1, 0.15) is 40.5 Å². The van der Waals surface area contributed by atoms with Crippen molar-refractivity contribution >= 4 is 16.0 Å². The first kappa shape index (κ1) is 15.3. The minimum Gasteiger partial charge on any atom is -0.477 e. The largest absolute Gasteiger partial charge is 0.477 e. The van der Waals surface area contributed by atoms with E-state index in [2.05, 4.69) is 9.71 Å². The number of hydrogen-bond donors (Lipinski definition) is 3. The Labute approximate surface area is 122 Å². The first-order valence-corrected chi connectivity index (χ1v) is 7.70. The Morgan fingerprint density at radius 1 is 1.43 bits per heavy atom. The van der Waals surface area contributed by atoms with Crippen molar-refractivity contribution in [3.8, 4) is 0 Å². The van der Waals surface area contributed by atoms with Gasteiger partial charge in [0.05, 0.1) is 12.3 Å². The Bertz CT molecular complexity index is 759. The highest BCUT2D eigenvalue weighted by molar-refractivity contribution is 7.89. The van der Waals surface area contributed by atoms with Gasteiger partial charge in [-0.25, -0.2) is 17.9 Å². The highest BCUT2D eigenvalue weighted by Gasteiger charge is 2.28. The zero-order chi connectivity index (χ0) is 15.8. The molecule has 21 heavy (non-hydrogen) atoms. The summed E-state index contributed by atoms with van der Waals surface area (Å²) in [7, 11) is -3.86. The van der Waals surface area contributed by atoms with Gasteiger partial charge in [0.15, 0.2) is 0 Å². The van der Waals surface area contributed by atoms with Crippen LogP contribution in [0.5, 0.6) is 0 Å². The number of aryl methyl sites for hydroxylation is 1. The molecular weight excluding hydrogens is 296 g/mol. The Hall–Kier alpha value is -2.06. The summed E-state index contributed by atoms with van der Waals surface area (Å²) in [6.07, 6.45) is 1.45. The smallest absolute Gasteiger partial charge is 0.352 e. The van der Waals surface area contributed by atoms with Crippen molar-refractivity contribution < 1.29 is 22.7 Å². The number of carboxylic acid groups (broad SMARTS) is 1. The molecule has 1 atom stereocenters. The Balaban J connectivity index is 2.39. The van der Waals surface area contributed by atoms with E-state index in [9.17, 15) is 13.2 Å². The van der Waals surface area contributed by atoms with E-state index in [0.29, 0.717) is 5.76 Å².